The first kappa shape index (κ1) is 11.2. The van der Waals surface area contributed by atoms with Gasteiger partial charge in [-0.3, -0.25) is 6.08 Å². The summed E-state index contributed by atoms with van der Waals surface area (Å²) < 4.78 is 0. The van der Waals surface area contributed by atoms with Gasteiger partial charge in [-0.25, -0.2) is 11.6 Å². The smallest absolute Gasteiger partial charge is 0.269 e. The SMILES string of the molecule is CC1(C2=[C-]CC=C2)CCCCC1.[Li+]. The molecule has 1 heteroatoms. The molecule has 2 aliphatic rings. The van der Waals surface area contributed by atoms with Crippen LogP contribution in [0.2, 0.25) is 0 Å². The molecule has 0 unspecified atom stereocenters. The molecule has 0 heterocycles. The first-order chi connectivity index (χ1) is 5.81. The topological polar surface area (TPSA) is 0 Å². The number of allylic oxidation sites excluding steroid dienone is 4. The molecule has 0 radical (unpaired) electrons. The van der Waals surface area contributed by atoms with Gasteiger partial charge in [-0.1, -0.05) is 26.2 Å². The molecule has 0 aromatic rings. The van der Waals surface area contributed by atoms with Crippen LogP contribution in [0, 0.1) is 11.5 Å². The molecule has 0 aliphatic heterocycles. The first-order valence-corrected chi connectivity index (χ1v) is 5.09. The zero-order chi connectivity index (χ0) is 8.44. The van der Waals surface area contributed by atoms with Crippen molar-refractivity contribution in [2.75, 3.05) is 0 Å². The molecule has 0 aromatic carbocycles. The normalized spacial score (nSPS) is 25.2. The van der Waals surface area contributed by atoms with Crippen molar-refractivity contribution < 1.29 is 18.9 Å². The van der Waals surface area contributed by atoms with Crippen molar-refractivity contribution in [3.05, 3.63) is 23.8 Å². The first-order valence-electron chi connectivity index (χ1n) is 5.09. The maximum Gasteiger partial charge on any atom is 1.00 e. The average molecular weight is 168 g/mol. The molecule has 0 aromatic heterocycles. The Balaban J connectivity index is 0.000000845. The Bertz CT molecular complexity index is 219. The molecule has 0 saturated heterocycles. The number of hydrogen-bond acceptors (Lipinski definition) is 0. The average Bonchev–Trinajstić information content (AvgIpc) is 2.58. The van der Waals surface area contributed by atoms with E-state index < -0.39 is 0 Å². The van der Waals surface area contributed by atoms with Gasteiger partial charge in [0.1, 0.15) is 0 Å². The van der Waals surface area contributed by atoms with Crippen LogP contribution in [0.25, 0.3) is 0 Å². The fraction of sp³-hybridized carbons (Fsp3) is 0.667. The second kappa shape index (κ2) is 4.54. The van der Waals surface area contributed by atoms with E-state index in [0.29, 0.717) is 5.41 Å². The summed E-state index contributed by atoms with van der Waals surface area (Å²) in [5, 5.41) is 0. The molecule has 66 valence electrons. The third kappa shape index (κ3) is 2.30. The summed E-state index contributed by atoms with van der Waals surface area (Å²) in [5.74, 6) is 0. The molecule has 1 fully saturated rings. The Morgan fingerprint density at radius 3 is 2.46 bits per heavy atom. The molecule has 0 N–H and O–H groups in total. The van der Waals surface area contributed by atoms with Gasteiger partial charge in [0, 0.05) is 0 Å². The standard InChI is InChI=1S/C12H17.Li/c1-12(9-5-2-6-10-12)11-7-3-4-8-11;/h3,7H,2,4-6,9-10H2,1H3;/q-1;+1. The van der Waals surface area contributed by atoms with Crippen LogP contribution in [0.15, 0.2) is 17.7 Å². The Morgan fingerprint density at radius 2 is 1.92 bits per heavy atom. The maximum absolute atomic E-state index is 3.47. The summed E-state index contributed by atoms with van der Waals surface area (Å²) in [7, 11) is 0. The second-order valence-corrected chi connectivity index (χ2v) is 4.32. The molecule has 0 bridgehead atoms. The van der Waals surface area contributed by atoms with Crippen molar-refractivity contribution >= 4 is 0 Å². The fourth-order valence-corrected chi connectivity index (χ4v) is 2.42. The Hall–Kier alpha value is 0.0774. The van der Waals surface area contributed by atoms with Gasteiger partial charge in [0.25, 0.3) is 0 Å². The van der Waals surface area contributed by atoms with Crippen LogP contribution in [0.1, 0.15) is 45.4 Å². The van der Waals surface area contributed by atoms with E-state index in [9.17, 15) is 0 Å². The summed E-state index contributed by atoms with van der Waals surface area (Å²) >= 11 is 0. The van der Waals surface area contributed by atoms with Crippen LogP contribution in [-0.4, -0.2) is 0 Å². The molecular weight excluding hydrogens is 151 g/mol. The van der Waals surface area contributed by atoms with Gasteiger partial charge in [-0.15, -0.1) is 6.42 Å². The van der Waals surface area contributed by atoms with Crippen LogP contribution in [-0.2, 0) is 0 Å². The van der Waals surface area contributed by atoms with E-state index in [1.54, 1.807) is 0 Å². The van der Waals surface area contributed by atoms with E-state index in [2.05, 4.69) is 25.2 Å². The van der Waals surface area contributed by atoms with Crippen molar-refractivity contribution in [2.45, 2.75) is 45.4 Å². The predicted octanol–water partition coefficient (Wildman–Crippen LogP) is 0.650. The van der Waals surface area contributed by atoms with Crippen LogP contribution >= 0.6 is 0 Å². The minimum absolute atomic E-state index is 0. The molecule has 2 rings (SSSR count). The fourth-order valence-electron chi connectivity index (χ4n) is 2.42. The van der Waals surface area contributed by atoms with E-state index in [4.69, 9.17) is 0 Å². The Morgan fingerprint density at radius 1 is 1.23 bits per heavy atom. The summed E-state index contributed by atoms with van der Waals surface area (Å²) in [6.45, 7) is 2.41. The quantitative estimate of drug-likeness (QED) is 0.398. The van der Waals surface area contributed by atoms with E-state index in [0.717, 1.165) is 6.42 Å². The van der Waals surface area contributed by atoms with Crippen molar-refractivity contribution in [3.63, 3.8) is 0 Å². The monoisotopic (exact) mass is 168 g/mol. The predicted molar refractivity (Wildman–Crippen MR) is 51.7 cm³/mol. The number of hydrogen-bond donors (Lipinski definition) is 0. The van der Waals surface area contributed by atoms with Gasteiger partial charge in [0.05, 0.1) is 0 Å². The maximum atomic E-state index is 3.47. The molecule has 2 aliphatic carbocycles. The van der Waals surface area contributed by atoms with Crippen molar-refractivity contribution in [1.29, 1.82) is 0 Å². The minimum Gasteiger partial charge on any atom is -0.269 e. The van der Waals surface area contributed by atoms with E-state index in [-0.39, 0.29) is 18.9 Å². The van der Waals surface area contributed by atoms with E-state index in [1.807, 2.05) is 0 Å². The van der Waals surface area contributed by atoms with Crippen LogP contribution in [0.5, 0.6) is 0 Å². The van der Waals surface area contributed by atoms with Gasteiger partial charge in [0.15, 0.2) is 0 Å². The zero-order valence-corrected chi connectivity index (χ0v) is 8.90. The molecule has 0 amide bonds. The largest absolute Gasteiger partial charge is 1.00 e. The Kier molecular flexibility index (Phi) is 3.89. The summed E-state index contributed by atoms with van der Waals surface area (Å²) in [5.41, 5.74) is 1.97. The molecule has 0 atom stereocenters. The number of rotatable bonds is 1. The third-order valence-electron chi connectivity index (χ3n) is 3.30. The van der Waals surface area contributed by atoms with Gasteiger partial charge in [-0.05, 0) is 18.3 Å². The van der Waals surface area contributed by atoms with Crippen molar-refractivity contribution in [1.82, 2.24) is 0 Å². The van der Waals surface area contributed by atoms with Gasteiger partial charge < -0.3 is 0 Å². The van der Waals surface area contributed by atoms with Crippen molar-refractivity contribution in [3.8, 4) is 0 Å². The molecule has 1 saturated carbocycles. The van der Waals surface area contributed by atoms with Gasteiger partial charge >= 0.3 is 18.9 Å². The van der Waals surface area contributed by atoms with Crippen LogP contribution in [0.4, 0.5) is 0 Å². The van der Waals surface area contributed by atoms with Crippen LogP contribution < -0.4 is 18.9 Å². The second-order valence-electron chi connectivity index (χ2n) is 4.32. The summed E-state index contributed by atoms with van der Waals surface area (Å²) in [4.78, 5) is 0. The van der Waals surface area contributed by atoms with E-state index >= 15 is 0 Å². The molecule has 0 nitrogen and oxygen atoms in total. The van der Waals surface area contributed by atoms with Gasteiger partial charge in [0.2, 0.25) is 0 Å². The molecular formula is C12H17Li. The Labute approximate surface area is 93.7 Å². The summed E-state index contributed by atoms with van der Waals surface area (Å²) in [6.07, 6.45) is 16.0. The third-order valence-corrected chi connectivity index (χ3v) is 3.30. The summed E-state index contributed by atoms with van der Waals surface area (Å²) in [6, 6.07) is 0. The van der Waals surface area contributed by atoms with Crippen molar-refractivity contribution in [2.24, 2.45) is 5.41 Å². The van der Waals surface area contributed by atoms with Gasteiger partial charge in [-0.2, -0.15) is 6.08 Å². The molecule has 13 heavy (non-hydrogen) atoms. The minimum atomic E-state index is 0. The zero-order valence-electron chi connectivity index (χ0n) is 8.90. The van der Waals surface area contributed by atoms with Crippen LogP contribution in [0.3, 0.4) is 0 Å². The van der Waals surface area contributed by atoms with E-state index in [1.165, 1.54) is 37.7 Å². The molecule has 0 spiro atoms.